The lowest BCUT2D eigenvalue weighted by molar-refractivity contribution is -0.130. The topological polar surface area (TPSA) is 69.7 Å². The highest BCUT2D eigenvalue weighted by Crippen LogP contribution is 2.22. The van der Waals surface area contributed by atoms with E-state index in [1.807, 2.05) is 23.1 Å². The van der Waals surface area contributed by atoms with Gasteiger partial charge in [-0.1, -0.05) is 30.3 Å². The summed E-state index contributed by atoms with van der Waals surface area (Å²) in [5.41, 5.74) is 2.52. The van der Waals surface area contributed by atoms with Crippen molar-refractivity contribution in [3.05, 3.63) is 65.7 Å². The molecule has 2 fully saturated rings. The van der Waals surface area contributed by atoms with Crippen LogP contribution in [0.4, 0.5) is 5.69 Å². The van der Waals surface area contributed by atoms with Gasteiger partial charge >= 0.3 is 0 Å². The van der Waals surface area contributed by atoms with Crippen LogP contribution in [0, 0.1) is 0 Å². The van der Waals surface area contributed by atoms with E-state index in [1.54, 1.807) is 29.2 Å². The summed E-state index contributed by atoms with van der Waals surface area (Å²) in [6, 6.07) is 17.4. The summed E-state index contributed by atoms with van der Waals surface area (Å²) < 4.78 is 0. The number of hydrogen-bond acceptors (Lipinski definition) is 3. The molecule has 2 aromatic rings. The van der Waals surface area contributed by atoms with Crippen LogP contribution in [-0.4, -0.2) is 48.3 Å². The molecule has 1 atom stereocenters. The van der Waals surface area contributed by atoms with Crippen molar-refractivity contribution in [3.63, 3.8) is 0 Å². The van der Waals surface area contributed by atoms with Gasteiger partial charge in [-0.2, -0.15) is 0 Å². The third kappa shape index (κ3) is 4.53. The normalized spacial score (nSPS) is 18.7. The molecule has 156 valence electrons. The third-order valence-corrected chi connectivity index (χ3v) is 5.93. The number of carbonyl (C=O) groups excluding carboxylic acids is 3. The number of amides is 3. The van der Waals surface area contributed by atoms with Gasteiger partial charge in [-0.3, -0.25) is 14.4 Å². The summed E-state index contributed by atoms with van der Waals surface area (Å²) >= 11 is 0. The van der Waals surface area contributed by atoms with Gasteiger partial charge in [-0.15, -0.1) is 0 Å². The van der Waals surface area contributed by atoms with Crippen LogP contribution in [0.25, 0.3) is 0 Å². The summed E-state index contributed by atoms with van der Waals surface area (Å²) in [5, 5.41) is 2.75. The van der Waals surface area contributed by atoms with E-state index in [0.29, 0.717) is 12.0 Å². The maximum Gasteiger partial charge on any atom is 0.251 e. The van der Waals surface area contributed by atoms with Gasteiger partial charge < -0.3 is 15.1 Å². The first kappa shape index (κ1) is 20.1. The van der Waals surface area contributed by atoms with Crippen LogP contribution in [-0.2, 0) is 16.0 Å². The lowest BCUT2D eigenvalue weighted by Crippen LogP contribution is -2.43. The molecule has 2 heterocycles. The lowest BCUT2D eigenvalue weighted by atomic mass is 10.0. The van der Waals surface area contributed by atoms with Crippen LogP contribution in [0.2, 0.25) is 0 Å². The molecule has 2 aliphatic heterocycles. The van der Waals surface area contributed by atoms with Crippen molar-refractivity contribution in [1.29, 1.82) is 0 Å². The molecule has 0 aliphatic carbocycles. The Kier molecular flexibility index (Phi) is 6.12. The smallest absolute Gasteiger partial charge is 0.251 e. The van der Waals surface area contributed by atoms with Gasteiger partial charge in [0.2, 0.25) is 11.8 Å². The van der Waals surface area contributed by atoms with Crippen LogP contribution >= 0.6 is 0 Å². The molecule has 2 saturated heterocycles. The first-order valence-electron chi connectivity index (χ1n) is 10.6. The average Bonchev–Trinajstić information content (AvgIpc) is 3.41. The molecule has 0 saturated carbocycles. The average molecular weight is 405 g/mol. The molecule has 0 bridgehead atoms. The van der Waals surface area contributed by atoms with Crippen LogP contribution < -0.4 is 10.2 Å². The van der Waals surface area contributed by atoms with Crippen molar-refractivity contribution in [2.75, 3.05) is 24.5 Å². The van der Waals surface area contributed by atoms with Gasteiger partial charge in [0.15, 0.2) is 0 Å². The van der Waals surface area contributed by atoms with E-state index in [1.165, 1.54) is 5.56 Å². The number of benzene rings is 2. The highest BCUT2D eigenvalue weighted by Gasteiger charge is 2.29. The van der Waals surface area contributed by atoms with Gasteiger partial charge in [-0.25, -0.2) is 0 Å². The second kappa shape index (κ2) is 9.11. The molecule has 4 rings (SSSR count). The monoisotopic (exact) mass is 405 g/mol. The highest BCUT2D eigenvalue weighted by atomic mass is 16.2. The van der Waals surface area contributed by atoms with Gasteiger partial charge in [0, 0.05) is 36.8 Å². The van der Waals surface area contributed by atoms with E-state index in [4.69, 9.17) is 0 Å². The van der Waals surface area contributed by atoms with Crippen molar-refractivity contribution in [2.45, 2.75) is 38.1 Å². The Morgan fingerprint density at radius 1 is 0.967 bits per heavy atom. The number of rotatable bonds is 6. The zero-order valence-electron chi connectivity index (χ0n) is 17.0. The fourth-order valence-electron chi connectivity index (χ4n) is 4.34. The first-order valence-corrected chi connectivity index (χ1v) is 10.6. The maximum absolute atomic E-state index is 12.7. The second-order valence-electron chi connectivity index (χ2n) is 7.95. The number of hydrogen-bond donors (Lipinski definition) is 1. The molecule has 1 unspecified atom stereocenters. The summed E-state index contributed by atoms with van der Waals surface area (Å²) in [7, 11) is 0. The number of carbonyl (C=O) groups is 3. The minimum absolute atomic E-state index is 0.00349. The number of likely N-dealkylation sites (tertiary alicyclic amines) is 1. The van der Waals surface area contributed by atoms with Crippen molar-refractivity contribution in [2.24, 2.45) is 0 Å². The zero-order valence-corrected chi connectivity index (χ0v) is 17.0. The molecule has 1 N–H and O–H groups in total. The molecule has 3 amide bonds. The molecular formula is C24H27N3O3. The number of nitrogens with zero attached hydrogens (tertiary/aromatic N) is 2. The van der Waals surface area contributed by atoms with Crippen LogP contribution in [0.15, 0.2) is 54.6 Å². The number of anilines is 1. The van der Waals surface area contributed by atoms with Gasteiger partial charge in [-0.05, 0) is 55.5 Å². The fraction of sp³-hybridized carbons (Fsp3) is 0.375. The summed E-state index contributed by atoms with van der Waals surface area (Å²) in [6.45, 7) is 1.46. The lowest BCUT2D eigenvalue weighted by Gasteiger charge is -2.25. The fourth-order valence-corrected chi connectivity index (χ4v) is 4.34. The Morgan fingerprint density at radius 2 is 1.73 bits per heavy atom. The summed E-state index contributed by atoms with van der Waals surface area (Å²) in [6.07, 6.45) is 4.27. The van der Waals surface area contributed by atoms with E-state index in [0.717, 1.165) is 44.5 Å². The van der Waals surface area contributed by atoms with Crippen LogP contribution in [0.1, 0.15) is 41.6 Å². The minimum atomic E-state index is -0.276. The molecule has 0 aromatic heterocycles. The van der Waals surface area contributed by atoms with Crippen molar-refractivity contribution in [3.8, 4) is 0 Å². The molecule has 6 nitrogen and oxygen atoms in total. The van der Waals surface area contributed by atoms with E-state index in [-0.39, 0.29) is 30.3 Å². The van der Waals surface area contributed by atoms with Gasteiger partial charge in [0.05, 0.1) is 6.54 Å². The Balaban J connectivity index is 1.30. The second-order valence-corrected chi connectivity index (χ2v) is 7.95. The Bertz CT molecular complexity index is 911. The van der Waals surface area contributed by atoms with E-state index >= 15 is 0 Å². The first-order chi connectivity index (χ1) is 14.6. The van der Waals surface area contributed by atoms with Crippen molar-refractivity contribution >= 4 is 23.4 Å². The van der Waals surface area contributed by atoms with E-state index in [9.17, 15) is 14.4 Å². The summed E-state index contributed by atoms with van der Waals surface area (Å²) in [4.78, 5) is 40.7. The Hall–Kier alpha value is -3.15. The van der Waals surface area contributed by atoms with Crippen molar-refractivity contribution in [1.82, 2.24) is 10.2 Å². The van der Waals surface area contributed by atoms with Crippen LogP contribution in [0.3, 0.4) is 0 Å². The van der Waals surface area contributed by atoms with E-state index < -0.39 is 0 Å². The molecular weight excluding hydrogens is 378 g/mol. The Labute approximate surface area is 176 Å². The predicted octanol–water partition coefficient (Wildman–Crippen LogP) is 2.78. The minimum Gasteiger partial charge on any atom is -0.343 e. The quantitative estimate of drug-likeness (QED) is 0.804. The molecule has 30 heavy (non-hydrogen) atoms. The molecule has 2 aromatic carbocycles. The van der Waals surface area contributed by atoms with Crippen LogP contribution in [0.5, 0.6) is 0 Å². The third-order valence-electron chi connectivity index (χ3n) is 5.93. The molecule has 2 aliphatic rings. The Morgan fingerprint density at radius 3 is 2.43 bits per heavy atom. The molecule has 0 spiro atoms. The SMILES string of the molecule is O=C(NCC(=O)N1CCCC1Cc1ccccc1)c1ccc(N2CCCC2=O)cc1. The predicted molar refractivity (Wildman–Crippen MR) is 115 cm³/mol. The van der Waals surface area contributed by atoms with Gasteiger partial charge in [0.25, 0.3) is 5.91 Å². The van der Waals surface area contributed by atoms with E-state index in [2.05, 4.69) is 17.4 Å². The molecule has 6 heteroatoms. The summed E-state index contributed by atoms with van der Waals surface area (Å²) in [5.74, 6) is -0.198. The largest absolute Gasteiger partial charge is 0.343 e. The zero-order chi connectivity index (χ0) is 20.9. The molecule has 0 radical (unpaired) electrons. The van der Waals surface area contributed by atoms with Gasteiger partial charge in [0.1, 0.15) is 0 Å². The standard InChI is InChI=1S/C24H27N3O3/c28-22-9-5-15-26(22)20-12-10-19(11-13-20)24(30)25-17-23(29)27-14-4-8-21(27)16-18-6-2-1-3-7-18/h1-3,6-7,10-13,21H,4-5,8-9,14-17H2,(H,25,30). The number of nitrogens with one attached hydrogen (secondary N) is 1. The van der Waals surface area contributed by atoms with Crippen molar-refractivity contribution < 1.29 is 14.4 Å². The highest BCUT2D eigenvalue weighted by molar-refractivity contribution is 5.98. The maximum atomic E-state index is 12.7.